The van der Waals surface area contributed by atoms with Gasteiger partial charge in [0.15, 0.2) is 0 Å². The molecule has 1 aromatic heterocycles. The van der Waals surface area contributed by atoms with Gasteiger partial charge in [0.2, 0.25) is 0 Å². The summed E-state index contributed by atoms with van der Waals surface area (Å²) in [6.07, 6.45) is 0.942. The molecule has 0 spiro atoms. The van der Waals surface area contributed by atoms with Gasteiger partial charge in [-0.05, 0) is 27.2 Å². The average molecular weight is 219 g/mol. The zero-order chi connectivity index (χ0) is 11.7. The zero-order valence-corrected chi connectivity index (χ0v) is 10.0. The van der Waals surface area contributed by atoms with Gasteiger partial charge in [-0.3, -0.25) is 4.79 Å². The molecule has 1 saturated heterocycles. The number of anilines is 1. The highest BCUT2D eigenvalue weighted by Gasteiger charge is 2.26. The van der Waals surface area contributed by atoms with Crippen molar-refractivity contribution in [1.82, 2.24) is 9.97 Å². The van der Waals surface area contributed by atoms with Gasteiger partial charge in [-0.25, -0.2) is 9.97 Å². The molecule has 0 amide bonds. The van der Waals surface area contributed by atoms with Gasteiger partial charge in [-0.1, -0.05) is 0 Å². The van der Waals surface area contributed by atoms with Gasteiger partial charge in [-0.15, -0.1) is 0 Å². The Hall–Kier alpha value is -1.45. The lowest BCUT2D eigenvalue weighted by Gasteiger charge is -2.17. The predicted octanol–water partition coefficient (Wildman–Crippen LogP) is 1.51. The monoisotopic (exact) mass is 219 g/mol. The SMILES string of the molecule is CC(=O)[C@@H]1CCN(c2cc(C)nc(C)n2)C1. The van der Waals surface area contributed by atoms with Crippen molar-refractivity contribution in [3.05, 3.63) is 17.6 Å². The van der Waals surface area contributed by atoms with Gasteiger partial charge in [0.1, 0.15) is 17.4 Å². The fourth-order valence-corrected chi connectivity index (χ4v) is 2.16. The maximum Gasteiger partial charge on any atom is 0.134 e. The van der Waals surface area contributed by atoms with Crippen LogP contribution in [0.3, 0.4) is 0 Å². The van der Waals surface area contributed by atoms with Crippen LogP contribution in [0.4, 0.5) is 5.82 Å². The quantitative estimate of drug-likeness (QED) is 0.756. The number of ketones is 1. The first-order chi connectivity index (χ1) is 7.56. The molecule has 0 saturated carbocycles. The van der Waals surface area contributed by atoms with E-state index in [2.05, 4.69) is 14.9 Å². The highest BCUT2D eigenvalue weighted by atomic mass is 16.1. The van der Waals surface area contributed by atoms with Crippen LogP contribution in [0.15, 0.2) is 6.07 Å². The van der Waals surface area contributed by atoms with Gasteiger partial charge in [0.25, 0.3) is 0 Å². The van der Waals surface area contributed by atoms with Crippen molar-refractivity contribution in [2.24, 2.45) is 5.92 Å². The van der Waals surface area contributed by atoms with Gasteiger partial charge < -0.3 is 4.90 Å². The largest absolute Gasteiger partial charge is 0.356 e. The van der Waals surface area contributed by atoms with Crippen molar-refractivity contribution in [2.45, 2.75) is 27.2 Å². The Labute approximate surface area is 95.7 Å². The molecule has 1 aromatic rings. The molecule has 1 fully saturated rings. The minimum atomic E-state index is 0.176. The number of aryl methyl sites for hydroxylation is 2. The van der Waals surface area contributed by atoms with Crippen LogP contribution in [-0.2, 0) is 4.79 Å². The molecule has 16 heavy (non-hydrogen) atoms. The molecule has 2 rings (SSSR count). The maximum atomic E-state index is 11.3. The van der Waals surface area contributed by atoms with E-state index in [0.29, 0.717) is 0 Å². The molecular formula is C12H17N3O. The summed E-state index contributed by atoms with van der Waals surface area (Å²) in [6.45, 7) is 7.25. The molecule has 4 heteroatoms. The third kappa shape index (κ3) is 2.21. The van der Waals surface area contributed by atoms with Gasteiger partial charge >= 0.3 is 0 Å². The van der Waals surface area contributed by atoms with Crippen molar-refractivity contribution in [3.8, 4) is 0 Å². The summed E-state index contributed by atoms with van der Waals surface area (Å²) in [5, 5.41) is 0. The van der Waals surface area contributed by atoms with Crippen molar-refractivity contribution in [1.29, 1.82) is 0 Å². The highest BCUT2D eigenvalue weighted by Crippen LogP contribution is 2.23. The first kappa shape index (κ1) is 11.0. The van der Waals surface area contributed by atoms with E-state index in [-0.39, 0.29) is 11.7 Å². The fraction of sp³-hybridized carbons (Fsp3) is 0.583. The second-order valence-corrected chi connectivity index (χ2v) is 4.46. The molecule has 0 aliphatic carbocycles. The second kappa shape index (κ2) is 4.20. The van der Waals surface area contributed by atoms with Crippen LogP contribution in [0.1, 0.15) is 24.9 Å². The van der Waals surface area contributed by atoms with Gasteiger partial charge in [0, 0.05) is 30.8 Å². The second-order valence-electron chi connectivity index (χ2n) is 4.46. The summed E-state index contributed by atoms with van der Waals surface area (Å²) in [5.41, 5.74) is 0.980. The normalized spacial score (nSPS) is 20.2. The predicted molar refractivity (Wildman–Crippen MR) is 62.5 cm³/mol. The van der Waals surface area contributed by atoms with E-state index in [1.54, 1.807) is 6.92 Å². The molecule has 0 bridgehead atoms. The molecule has 1 atom stereocenters. The Morgan fingerprint density at radius 3 is 2.75 bits per heavy atom. The number of hydrogen-bond donors (Lipinski definition) is 0. The molecule has 0 N–H and O–H groups in total. The minimum absolute atomic E-state index is 0.176. The molecule has 1 aliphatic rings. The smallest absolute Gasteiger partial charge is 0.134 e. The van der Waals surface area contributed by atoms with Crippen LogP contribution in [0.25, 0.3) is 0 Å². The van der Waals surface area contributed by atoms with Gasteiger partial charge in [-0.2, -0.15) is 0 Å². The number of hydrogen-bond acceptors (Lipinski definition) is 4. The average Bonchev–Trinajstić information content (AvgIpc) is 2.64. The topological polar surface area (TPSA) is 46.1 Å². The molecule has 0 unspecified atom stereocenters. The van der Waals surface area contributed by atoms with Crippen LogP contribution in [0, 0.1) is 19.8 Å². The molecule has 2 heterocycles. The van der Waals surface area contributed by atoms with E-state index in [1.165, 1.54) is 0 Å². The molecule has 0 radical (unpaired) electrons. The lowest BCUT2D eigenvalue weighted by Crippen LogP contribution is -2.23. The first-order valence-electron chi connectivity index (χ1n) is 5.64. The minimum Gasteiger partial charge on any atom is -0.356 e. The van der Waals surface area contributed by atoms with E-state index in [4.69, 9.17) is 0 Å². The lowest BCUT2D eigenvalue weighted by molar-refractivity contribution is -0.120. The summed E-state index contributed by atoms with van der Waals surface area (Å²) in [6, 6.07) is 1.98. The fourth-order valence-electron chi connectivity index (χ4n) is 2.16. The highest BCUT2D eigenvalue weighted by molar-refractivity contribution is 5.79. The Kier molecular flexibility index (Phi) is 2.90. The third-order valence-corrected chi connectivity index (χ3v) is 3.04. The molecule has 86 valence electrons. The van der Waals surface area contributed by atoms with Crippen molar-refractivity contribution >= 4 is 11.6 Å². The van der Waals surface area contributed by atoms with E-state index < -0.39 is 0 Å². The van der Waals surface area contributed by atoms with Gasteiger partial charge in [0.05, 0.1) is 0 Å². The molecular weight excluding hydrogens is 202 g/mol. The van der Waals surface area contributed by atoms with Crippen molar-refractivity contribution < 1.29 is 4.79 Å². The Balaban J connectivity index is 2.17. The standard InChI is InChI=1S/C12H17N3O/c1-8-6-12(14-10(3)13-8)15-5-4-11(7-15)9(2)16/h6,11H,4-5,7H2,1-3H3/t11-/m1/s1. The first-order valence-corrected chi connectivity index (χ1v) is 5.64. The number of carbonyl (C=O) groups excluding carboxylic acids is 1. The number of aromatic nitrogens is 2. The van der Waals surface area contributed by atoms with Crippen LogP contribution in [0.2, 0.25) is 0 Å². The van der Waals surface area contributed by atoms with E-state index in [0.717, 1.165) is 36.8 Å². The Morgan fingerprint density at radius 1 is 1.44 bits per heavy atom. The maximum absolute atomic E-state index is 11.3. The number of Topliss-reactive ketones (excluding diaryl/α,β-unsaturated/α-hetero) is 1. The van der Waals surface area contributed by atoms with Crippen molar-refractivity contribution in [3.63, 3.8) is 0 Å². The van der Waals surface area contributed by atoms with Crippen LogP contribution in [-0.4, -0.2) is 28.8 Å². The summed E-state index contributed by atoms with van der Waals surface area (Å²) >= 11 is 0. The summed E-state index contributed by atoms with van der Waals surface area (Å²) < 4.78 is 0. The number of nitrogens with zero attached hydrogens (tertiary/aromatic N) is 3. The Morgan fingerprint density at radius 2 is 2.19 bits per heavy atom. The molecule has 4 nitrogen and oxygen atoms in total. The third-order valence-electron chi connectivity index (χ3n) is 3.04. The van der Waals surface area contributed by atoms with E-state index >= 15 is 0 Å². The van der Waals surface area contributed by atoms with E-state index in [1.807, 2.05) is 19.9 Å². The summed E-state index contributed by atoms with van der Waals surface area (Å²) in [4.78, 5) is 22.1. The lowest BCUT2D eigenvalue weighted by atomic mass is 10.1. The number of rotatable bonds is 2. The summed E-state index contributed by atoms with van der Waals surface area (Å²) in [7, 11) is 0. The molecule has 0 aromatic carbocycles. The van der Waals surface area contributed by atoms with Crippen LogP contribution >= 0.6 is 0 Å². The van der Waals surface area contributed by atoms with E-state index in [9.17, 15) is 4.79 Å². The van der Waals surface area contributed by atoms with Crippen molar-refractivity contribution in [2.75, 3.05) is 18.0 Å². The van der Waals surface area contributed by atoms with Crippen LogP contribution in [0.5, 0.6) is 0 Å². The number of carbonyl (C=O) groups is 1. The molecule has 1 aliphatic heterocycles. The Bertz CT molecular complexity index is 396. The summed E-state index contributed by atoms with van der Waals surface area (Å²) in [5.74, 6) is 2.20. The zero-order valence-electron chi connectivity index (χ0n) is 10.0. The van der Waals surface area contributed by atoms with Crippen LogP contribution < -0.4 is 4.90 Å².